The van der Waals surface area contributed by atoms with E-state index in [2.05, 4.69) is 44.6 Å². The molecular weight excluding hydrogens is 512 g/mol. The quantitative estimate of drug-likeness (QED) is 0.569. The summed E-state index contributed by atoms with van der Waals surface area (Å²) in [6.45, 7) is 4.73. The molecule has 3 atom stereocenters. The minimum Gasteiger partial charge on any atom is -0.340 e. The van der Waals surface area contributed by atoms with Gasteiger partial charge in [0.1, 0.15) is 5.84 Å². The first-order valence-electron chi connectivity index (χ1n) is 14.3. The van der Waals surface area contributed by atoms with Crippen molar-refractivity contribution in [2.75, 3.05) is 26.2 Å². The van der Waals surface area contributed by atoms with E-state index in [0.29, 0.717) is 24.4 Å². The molecule has 1 aliphatic carbocycles. The lowest BCUT2D eigenvalue weighted by Gasteiger charge is -2.50. The molecular formula is C30H37ClN6O2. The molecule has 6 rings (SSSR count). The van der Waals surface area contributed by atoms with Gasteiger partial charge in [-0.15, -0.1) is 0 Å². The number of amidine groups is 1. The molecule has 3 heterocycles. The van der Waals surface area contributed by atoms with Gasteiger partial charge in [0, 0.05) is 63.2 Å². The van der Waals surface area contributed by atoms with E-state index in [1.807, 2.05) is 40.1 Å². The van der Waals surface area contributed by atoms with Gasteiger partial charge >= 0.3 is 0 Å². The van der Waals surface area contributed by atoms with Gasteiger partial charge in [0.05, 0.1) is 5.92 Å². The van der Waals surface area contributed by atoms with Crippen LogP contribution in [-0.4, -0.2) is 75.8 Å². The third-order valence-electron chi connectivity index (χ3n) is 8.66. The van der Waals surface area contributed by atoms with E-state index in [0.717, 1.165) is 69.8 Å². The molecule has 2 aromatic carbocycles. The number of hydrogen-bond acceptors (Lipinski definition) is 6. The molecule has 0 spiro atoms. The number of carbonyl (C=O) groups excluding carboxylic acids is 2. The number of nitrogens with zero attached hydrogens (tertiary/aromatic N) is 5. The number of rotatable bonds is 7. The molecule has 1 saturated carbocycles. The molecule has 9 heteroatoms. The Kier molecular flexibility index (Phi) is 7.75. The summed E-state index contributed by atoms with van der Waals surface area (Å²) in [5.41, 5.74) is 5.60. The van der Waals surface area contributed by atoms with Gasteiger partial charge in [0.15, 0.2) is 6.29 Å². The second kappa shape index (κ2) is 11.6. The molecule has 2 aromatic rings. The van der Waals surface area contributed by atoms with Crippen LogP contribution in [-0.2, 0) is 22.7 Å². The molecule has 2 saturated heterocycles. The number of carbonyl (C=O) groups is 2. The van der Waals surface area contributed by atoms with Crippen molar-refractivity contribution < 1.29 is 9.59 Å². The van der Waals surface area contributed by atoms with Crippen molar-refractivity contribution in [1.29, 1.82) is 0 Å². The molecule has 3 unspecified atom stereocenters. The molecule has 39 heavy (non-hydrogen) atoms. The van der Waals surface area contributed by atoms with Crippen LogP contribution in [0.15, 0.2) is 59.7 Å². The van der Waals surface area contributed by atoms with Gasteiger partial charge in [0.2, 0.25) is 11.8 Å². The summed E-state index contributed by atoms with van der Waals surface area (Å²) < 4.78 is 0. The lowest BCUT2D eigenvalue weighted by molar-refractivity contribution is -0.156. The Morgan fingerprint density at radius 2 is 1.64 bits per heavy atom. The molecule has 206 valence electrons. The van der Waals surface area contributed by atoms with Crippen LogP contribution in [0.3, 0.4) is 0 Å². The monoisotopic (exact) mass is 548 g/mol. The number of halogens is 1. The number of hydrogen-bond donors (Lipinski definition) is 1. The normalized spacial score (nSPS) is 25.2. The average Bonchev–Trinajstić information content (AvgIpc) is 3.40. The zero-order valence-electron chi connectivity index (χ0n) is 22.3. The van der Waals surface area contributed by atoms with Crippen LogP contribution in [0.2, 0.25) is 5.02 Å². The standard InChI is InChI=1S/C30H37ClN6O2/c31-24-12-10-23(11-13-24)21-36-29(39)25-8-4-5-9-26(25)37-27(32-33-30(36)37)14-15-28(38)35-18-16-34(17-19-35)20-22-6-2-1-3-7-22/h1-3,6-7,10-13,25-26,30,33H,4-5,8-9,14-21H2. The van der Waals surface area contributed by atoms with E-state index in [-0.39, 0.29) is 30.1 Å². The third-order valence-corrected chi connectivity index (χ3v) is 8.91. The van der Waals surface area contributed by atoms with Crippen LogP contribution in [0.1, 0.15) is 49.7 Å². The number of benzene rings is 2. The van der Waals surface area contributed by atoms with E-state index in [1.54, 1.807) is 0 Å². The number of fused-ring (bicyclic) bond motifs is 3. The van der Waals surface area contributed by atoms with Crippen molar-refractivity contribution in [3.8, 4) is 0 Å². The smallest absolute Gasteiger partial charge is 0.231 e. The van der Waals surface area contributed by atoms with Crippen molar-refractivity contribution >= 4 is 29.3 Å². The molecule has 0 radical (unpaired) electrons. The van der Waals surface area contributed by atoms with Crippen LogP contribution >= 0.6 is 11.6 Å². The van der Waals surface area contributed by atoms with E-state index < -0.39 is 0 Å². The fraction of sp³-hybridized carbons (Fsp3) is 0.500. The molecule has 4 aliphatic rings. The number of amides is 2. The van der Waals surface area contributed by atoms with Gasteiger partial charge in [-0.05, 0) is 36.1 Å². The summed E-state index contributed by atoms with van der Waals surface area (Å²) in [7, 11) is 0. The zero-order valence-corrected chi connectivity index (χ0v) is 23.1. The molecule has 3 fully saturated rings. The minimum atomic E-state index is -0.306. The summed E-state index contributed by atoms with van der Waals surface area (Å²) >= 11 is 6.09. The fourth-order valence-corrected chi connectivity index (χ4v) is 6.69. The van der Waals surface area contributed by atoms with Gasteiger partial charge in [-0.25, -0.2) is 0 Å². The summed E-state index contributed by atoms with van der Waals surface area (Å²) in [5.74, 6) is 1.26. The van der Waals surface area contributed by atoms with E-state index >= 15 is 0 Å². The van der Waals surface area contributed by atoms with Gasteiger partial charge in [0.25, 0.3) is 0 Å². The largest absolute Gasteiger partial charge is 0.340 e. The lowest BCUT2D eigenvalue weighted by atomic mass is 9.80. The lowest BCUT2D eigenvalue weighted by Crippen LogP contribution is -2.67. The first-order chi connectivity index (χ1) is 19.1. The second-order valence-electron chi connectivity index (χ2n) is 11.1. The highest BCUT2D eigenvalue weighted by Gasteiger charge is 2.50. The second-order valence-corrected chi connectivity index (χ2v) is 11.6. The highest BCUT2D eigenvalue weighted by atomic mass is 35.5. The summed E-state index contributed by atoms with van der Waals surface area (Å²) in [6, 6.07) is 18.3. The number of hydrazone groups is 1. The van der Waals surface area contributed by atoms with Crippen LogP contribution < -0.4 is 5.43 Å². The Bertz CT molecular complexity index is 1200. The molecule has 2 amide bonds. The number of nitrogens with one attached hydrogen (secondary N) is 1. The molecule has 8 nitrogen and oxygen atoms in total. The highest BCUT2D eigenvalue weighted by molar-refractivity contribution is 6.30. The maximum atomic E-state index is 13.6. The predicted molar refractivity (Wildman–Crippen MR) is 151 cm³/mol. The van der Waals surface area contributed by atoms with Crippen LogP contribution in [0, 0.1) is 5.92 Å². The topological polar surface area (TPSA) is 71.5 Å². The summed E-state index contributed by atoms with van der Waals surface area (Å²) in [6.07, 6.45) is 4.80. The molecule has 1 N–H and O–H groups in total. The average molecular weight is 549 g/mol. The predicted octanol–water partition coefficient (Wildman–Crippen LogP) is 3.87. The minimum absolute atomic E-state index is 0.0270. The Balaban J connectivity index is 1.07. The van der Waals surface area contributed by atoms with Gasteiger partial charge in [-0.2, -0.15) is 5.10 Å². The fourth-order valence-electron chi connectivity index (χ4n) is 6.56. The van der Waals surface area contributed by atoms with Crippen molar-refractivity contribution in [3.63, 3.8) is 0 Å². The highest BCUT2D eigenvalue weighted by Crippen LogP contribution is 2.38. The first kappa shape index (κ1) is 26.1. The maximum absolute atomic E-state index is 13.6. The Morgan fingerprint density at radius 1 is 0.923 bits per heavy atom. The molecule has 0 bridgehead atoms. The van der Waals surface area contributed by atoms with Crippen molar-refractivity contribution in [2.45, 2.75) is 63.9 Å². The SMILES string of the molecule is O=C(CCC1=NNC2N(Cc3ccc(Cl)cc3)C(=O)C3CCCCC3N12)N1CCN(Cc2ccccc2)CC1. The third kappa shape index (κ3) is 5.63. The Morgan fingerprint density at radius 3 is 2.41 bits per heavy atom. The summed E-state index contributed by atoms with van der Waals surface area (Å²) in [4.78, 5) is 35.4. The van der Waals surface area contributed by atoms with Crippen LogP contribution in [0.25, 0.3) is 0 Å². The maximum Gasteiger partial charge on any atom is 0.231 e. The Hall–Kier alpha value is -3.10. The zero-order chi connectivity index (χ0) is 26.8. The van der Waals surface area contributed by atoms with Gasteiger partial charge < -0.3 is 9.80 Å². The summed E-state index contributed by atoms with van der Waals surface area (Å²) in [5, 5.41) is 5.37. The van der Waals surface area contributed by atoms with Gasteiger partial charge in [-0.1, -0.05) is 66.9 Å². The van der Waals surface area contributed by atoms with Crippen molar-refractivity contribution in [1.82, 2.24) is 25.0 Å². The van der Waals surface area contributed by atoms with Crippen molar-refractivity contribution in [2.24, 2.45) is 11.0 Å². The first-order valence-corrected chi connectivity index (χ1v) is 14.6. The van der Waals surface area contributed by atoms with Gasteiger partial charge in [-0.3, -0.25) is 24.8 Å². The van der Waals surface area contributed by atoms with Crippen LogP contribution in [0.5, 0.6) is 0 Å². The molecule has 3 aliphatic heterocycles. The van der Waals surface area contributed by atoms with E-state index in [1.165, 1.54) is 5.56 Å². The van der Waals surface area contributed by atoms with Crippen molar-refractivity contribution in [3.05, 3.63) is 70.7 Å². The molecule has 0 aromatic heterocycles. The van der Waals surface area contributed by atoms with Crippen LogP contribution in [0.4, 0.5) is 0 Å². The number of piperazine rings is 1. The van der Waals surface area contributed by atoms with E-state index in [4.69, 9.17) is 11.6 Å². The van der Waals surface area contributed by atoms with E-state index in [9.17, 15) is 9.59 Å². The Labute approximate surface area is 235 Å².